The Morgan fingerprint density at radius 2 is 1.83 bits per heavy atom. The van der Waals surface area contributed by atoms with Crippen molar-refractivity contribution in [3.8, 4) is 0 Å². The zero-order valence-corrected chi connectivity index (χ0v) is 16.5. The maximum absolute atomic E-state index is 10.1. The second kappa shape index (κ2) is 5.06. The highest BCUT2D eigenvalue weighted by atomic mass is 32.2. The van der Waals surface area contributed by atoms with Crippen molar-refractivity contribution < 1.29 is 5.11 Å². The van der Waals surface area contributed by atoms with Crippen LogP contribution in [0.1, 0.15) is 72.1 Å². The molecule has 2 heteroatoms. The Balaban J connectivity index is 1.47. The highest BCUT2D eigenvalue weighted by molar-refractivity contribution is 8.07. The highest BCUT2D eigenvalue weighted by Crippen LogP contribution is 2.71. The third-order valence-corrected chi connectivity index (χ3v) is 10.9. The van der Waals surface area contributed by atoms with Crippen LogP contribution in [0.2, 0.25) is 0 Å². The van der Waals surface area contributed by atoms with Crippen LogP contribution in [0.4, 0.5) is 0 Å². The molecular weight excluding hydrogens is 312 g/mol. The molecule has 8 atom stereocenters. The van der Waals surface area contributed by atoms with Crippen LogP contribution >= 0.6 is 11.8 Å². The molecule has 0 aromatic carbocycles. The van der Waals surface area contributed by atoms with E-state index in [-0.39, 0.29) is 6.10 Å². The molecular formula is C22H34OS. The van der Waals surface area contributed by atoms with E-state index in [0.29, 0.717) is 15.6 Å². The smallest absolute Gasteiger partial charge is 0.0577 e. The normalized spacial score (nSPS) is 59.2. The third-order valence-electron chi connectivity index (χ3n) is 9.41. The maximum atomic E-state index is 10.1. The van der Waals surface area contributed by atoms with Gasteiger partial charge in [-0.2, -0.15) is 11.8 Å². The first-order valence-corrected chi connectivity index (χ1v) is 11.4. The van der Waals surface area contributed by atoms with Gasteiger partial charge in [-0.15, -0.1) is 0 Å². The van der Waals surface area contributed by atoms with Crippen molar-refractivity contribution in [1.82, 2.24) is 0 Å². The molecule has 1 N–H and O–H groups in total. The Morgan fingerprint density at radius 1 is 1.04 bits per heavy atom. The van der Waals surface area contributed by atoms with Crippen molar-refractivity contribution in [2.24, 2.45) is 34.5 Å². The SMILES string of the molecule is CC1(C2CC[C@H]3[C@@H]4CC=C5C[C@@H](O)CC[C@]5(C)[C@H]4CC[C@]23C)CS1. The van der Waals surface area contributed by atoms with E-state index in [1.54, 1.807) is 5.57 Å². The van der Waals surface area contributed by atoms with E-state index in [2.05, 4.69) is 38.6 Å². The molecule has 0 bridgehead atoms. The summed E-state index contributed by atoms with van der Waals surface area (Å²) >= 11 is 2.23. The van der Waals surface area contributed by atoms with Crippen LogP contribution < -0.4 is 0 Å². The molecule has 4 aliphatic carbocycles. The summed E-state index contributed by atoms with van der Waals surface area (Å²) in [7, 11) is 0. The molecule has 3 saturated carbocycles. The molecule has 0 radical (unpaired) electrons. The number of thioether (sulfide) groups is 1. The number of hydrogen-bond acceptors (Lipinski definition) is 2. The van der Waals surface area contributed by atoms with Crippen molar-refractivity contribution in [3.63, 3.8) is 0 Å². The predicted molar refractivity (Wildman–Crippen MR) is 102 cm³/mol. The Labute approximate surface area is 152 Å². The molecule has 0 aromatic heterocycles. The monoisotopic (exact) mass is 346 g/mol. The van der Waals surface area contributed by atoms with Gasteiger partial charge in [0.05, 0.1) is 6.10 Å². The molecule has 24 heavy (non-hydrogen) atoms. The molecule has 5 aliphatic rings. The summed E-state index contributed by atoms with van der Waals surface area (Å²) in [4.78, 5) is 0. The Hall–Kier alpha value is 0.0500. The Bertz CT molecular complexity index is 579. The quantitative estimate of drug-likeness (QED) is 0.504. The minimum atomic E-state index is -0.0718. The van der Waals surface area contributed by atoms with Crippen LogP contribution in [0.3, 0.4) is 0 Å². The van der Waals surface area contributed by atoms with Crippen molar-refractivity contribution in [2.75, 3.05) is 5.75 Å². The summed E-state index contributed by atoms with van der Waals surface area (Å²) in [5.41, 5.74) is 2.63. The first kappa shape index (κ1) is 16.2. The summed E-state index contributed by atoms with van der Waals surface area (Å²) in [6, 6.07) is 0. The van der Waals surface area contributed by atoms with Crippen LogP contribution in [0.15, 0.2) is 11.6 Å². The van der Waals surface area contributed by atoms with E-state index in [1.807, 2.05) is 0 Å². The summed E-state index contributed by atoms with van der Waals surface area (Å²) < 4.78 is 0.616. The molecule has 4 fully saturated rings. The van der Waals surface area contributed by atoms with Gasteiger partial charge in [0.2, 0.25) is 0 Å². The van der Waals surface area contributed by atoms with Gasteiger partial charge in [-0.3, -0.25) is 0 Å². The van der Waals surface area contributed by atoms with E-state index < -0.39 is 0 Å². The number of allylic oxidation sites excluding steroid dienone is 1. The third kappa shape index (κ3) is 2.05. The lowest BCUT2D eigenvalue weighted by atomic mass is 9.47. The lowest BCUT2D eigenvalue weighted by Crippen LogP contribution is -2.51. The summed E-state index contributed by atoms with van der Waals surface area (Å²) in [6.07, 6.45) is 12.9. The number of aliphatic hydroxyl groups excluding tert-OH is 1. The van der Waals surface area contributed by atoms with Crippen LogP contribution in [-0.4, -0.2) is 21.7 Å². The van der Waals surface area contributed by atoms with Crippen LogP contribution in [-0.2, 0) is 0 Å². The molecule has 1 aliphatic heterocycles. The van der Waals surface area contributed by atoms with Crippen molar-refractivity contribution in [1.29, 1.82) is 0 Å². The lowest BCUT2D eigenvalue weighted by Gasteiger charge is -2.58. The second-order valence-electron chi connectivity index (χ2n) is 10.4. The van der Waals surface area contributed by atoms with Gasteiger partial charge in [0, 0.05) is 10.5 Å². The van der Waals surface area contributed by atoms with Gasteiger partial charge in [-0.05, 0) is 92.8 Å². The Kier molecular flexibility index (Phi) is 3.43. The van der Waals surface area contributed by atoms with Gasteiger partial charge in [0.15, 0.2) is 0 Å². The van der Waals surface area contributed by atoms with Gasteiger partial charge in [-0.25, -0.2) is 0 Å². The molecule has 5 rings (SSSR count). The summed E-state index contributed by atoms with van der Waals surface area (Å²) in [5.74, 6) is 5.15. The number of aliphatic hydroxyl groups is 1. The van der Waals surface area contributed by atoms with E-state index in [9.17, 15) is 5.11 Å². The van der Waals surface area contributed by atoms with Crippen molar-refractivity contribution in [3.05, 3.63) is 11.6 Å². The summed E-state index contributed by atoms with van der Waals surface area (Å²) in [5, 5.41) is 10.1. The first-order chi connectivity index (χ1) is 11.4. The standard InChI is InChI=1S/C22H34OS/c1-20-10-8-15(23)12-14(20)4-5-16-17-6-7-19(22(3)13-24-22)21(17,2)11-9-18(16)20/h4,15-19,23H,5-13H2,1-3H3/t15-,16-,17-,18-,19?,20-,21-,22?/m0/s1. The zero-order chi connectivity index (χ0) is 16.7. The molecule has 1 saturated heterocycles. The molecule has 0 spiro atoms. The highest BCUT2D eigenvalue weighted by Gasteiger charge is 2.63. The fourth-order valence-electron chi connectivity index (χ4n) is 7.96. The first-order valence-electron chi connectivity index (χ1n) is 10.4. The van der Waals surface area contributed by atoms with Gasteiger partial charge < -0.3 is 5.11 Å². The van der Waals surface area contributed by atoms with Gasteiger partial charge in [0.1, 0.15) is 0 Å². The zero-order valence-electron chi connectivity index (χ0n) is 15.7. The van der Waals surface area contributed by atoms with Crippen molar-refractivity contribution >= 4 is 11.8 Å². The van der Waals surface area contributed by atoms with Gasteiger partial charge in [0.25, 0.3) is 0 Å². The lowest BCUT2D eigenvalue weighted by molar-refractivity contribution is -0.0518. The number of fused-ring (bicyclic) bond motifs is 5. The van der Waals surface area contributed by atoms with Crippen LogP contribution in [0.25, 0.3) is 0 Å². The van der Waals surface area contributed by atoms with E-state index in [1.165, 1.54) is 44.3 Å². The fraction of sp³-hybridized carbons (Fsp3) is 0.909. The van der Waals surface area contributed by atoms with E-state index in [4.69, 9.17) is 0 Å². The average molecular weight is 347 g/mol. The second-order valence-corrected chi connectivity index (χ2v) is 11.9. The maximum Gasteiger partial charge on any atom is 0.0577 e. The average Bonchev–Trinajstić information content (AvgIpc) is 3.17. The molecule has 2 unspecified atom stereocenters. The fourth-order valence-corrected chi connectivity index (χ4v) is 8.98. The molecule has 0 aromatic rings. The minimum absolute atomic E-state index is 0.0718. The van der Waals surface area contributed by atoms with Crippen LogP contribution in [0.5, 0.6) is 0 Å². The van der Waals surface area contributed by atoms with Crippen LogP contribution in [0, 0.1) is 34.5 Å². The number of rotatable bonds is 1. The summed E-state index contributed by atoms with van der Waals surface area (Å²) in [6.45, 7) is 7.77. The van der Waals surface area contributed by atoms with E-state index in [0.717, 1.165) is 36.5 Å². The topological polar surface area (TPSA) is 20.2 Å². The van der Waals surface area contributed by atoms with Crippen molar-refractivity contribution in [2.45, 2.75) is 83.0 Å². The molecule has 0 amide bonds. The van der Waals surface area contributed by atoms with Gasteiger partial charge in [-0.1, -0.05) is 25.5 Å². The van der Waals surface area contributed by atoms with E-state index >= 15 is 0 Å². The number of hydrogen-bond donors (Lipinski definition) is 1. The molecule has 1 heterocycles. The van der Waals surface area contributed by atoms with Gasteiger partial charge >= 0.3 is 0 Å². The molecule has 1 nitrogen and oxygen atoms in total. The predicted octanol–water partition coefficient (Wildman–Crippen LogP) is 5.43. The minimum Gasteiger partial charge on any atom is -0.393 e. The molecule has 134 valence electrons. The largest absolute Gasteiger partial charge is 0.393 e. The Morgan fingerprint density at radius 3 is 2.58 bits per heavy atom.